The molecule has 14 nitrogen and oxygen atoms in total. The molecule has 254 valence electrons. The molecule has 2 saturated carbocycles. The second-order valence-corrected chi connectivity index (χ2v) is 15.4. The average molecular weight is 672 g/mol. The Kier molecular flexibility index (Phi) is 9.40. The number of pyridine rings is 1. The highest BCUT2D eigenvalue weighted by Crippen LogP contribution is 2.45. The smallest absolute Gasteiger partial charge is 0.407 e. The minimum Gasteiger partial charge on any atom is -0.493 e. The van der Waals surface area contributed by atoms with Crippen molar-refractivity contribution in [3.05, 3.63) is 49.6 Å². The molecule has 47 heavy (non-hydrogen) atoms. The summed E-state index contributed by atoms with van der Waals surface area (Å²) in [5.41, 5.74) is -0.855. The molecule has 1 aliphatic heterocycles. The molecule has 0 unspecified atom stereocenters. The molecule has 0 spiro atoms. The number of likely N-dealkylation sites (tertiary alicyclic amines) is 1. The number of furan rings is 1. The second kappa shape index (κ2) is 13.0. The maximum Gasteiger partial charge on any atom is 0.407 e. The van der Waals surface area contributed by atoms with Gasteiger partial charge in [0.1, 0.15) is 23.4 Å². The van der Waals surface area contributed by atoms with Crippen molar-refractivity contribution in [1.29, 1.82) is 0 Å². The van der Waals surface area contributed by atoms with Gasteiger partial charge in [-0.15, -0.1) is 6.58 Å². The van der Waals surface area contributed by atoms with E-state index in [2.05, 4.69) is 26.9 Å². The van der Waals surface area contributed by atoms with E-state index in [0.29, 0.717) is 24.3 Å². The fraction of sp³-hybridized carbons (Fsp3) is 0.531. The molecular formula is C32H41N5O9S. The summed E-state index contributed by atoms with van der Waals surface area (Å²) in [5.74, 6) is -2.24. The van der Waals surface area contributed by atoms with Crippen molar-refractivity contribution in [3.8, 4) is 17.0 Å². The topological polar surface area (TPSA) is 186 Å². The minimum atomic E-state index is -3.87. The number of methoxy groups -OCH3 is 1. The van der Waals surface area contributed by atoms with Crippen LogP contribution in [-0.4, -0.2) is 85.3 Å². The summed E-state index contributed by atoms with van der Waals surface area (Å²) in [6.07, 6.45) is 6.68. The molecule has 15 heteroatoms. The Labute approximate surface area is 273 Å². The molecule has 3 N–H and O–H groups in total. The third kappa shape index (κ3) is 7.45. The van der Waals surface area contributed by atoms with Crippen LogP contribution in [0.1, 0.15) is 46.5 Å². The first-order valence-corrected chi connectivity index (χ1v) is 17.0. The maximum absolute atomic E-state index is 14.1. The van der Waals surface area contributed by atoms with Crippen molar-refractivity contribution in [2.45, 2.75) is 69.3 Å². The fourth-order valence-electron chi connectivity index (χ4n) is 5.83. The predicted octanol–water partition coefficient (Wildman–Crippen LogP) is 2.38. The summed E-state index contributed by atoms with van der Waals surface area (Å²) in [5, 5.41) is 4.74. The van der Waals surface area contributed by atoms with Crippen LogP contribution < -0.4 is 20.1 Å². The zero-order chi connectivity index (χ0) is 34.1. The monoisotopic (exact) mass is 671 g/mol. The number of hydrogen-bond acceptors (Lipinski definition) is 10. The normalized spacial score (nSPS) is 24.5. The van der Waals surface area contributed by atoms with Crippen LogP contribution in [0.3, 0.4) is 0 Å². The Morgan fingerprint density at radius 3 is 2.57 bits per heavy atom. The number of carbonyl (C=O) groups is 4. The third-order valence-electron chi connectivity index (χ3n) is 8.82. The lowest BCUT2D eigenvalue weighted by molar-refractivity contribution is -0.142. The van der Waals surface area contributed by atoms with E-state index in [9.17, 15) is 27.6 Å². The van der Waals surface area contributed by atoms with Crippen LogP contribution >= 0.6 is 0 Å². The van der Waals surface area contributed by atoms with Gasteiger partial charge < -0.3 is 29.4 Å². The van der Waals surface area contributed by atoms with Crippen molar-refractivity contribution in [2.24, 2.45) is 17.3 Å². The van der Waals surface area contributed by atoms with Crippen LogP contribution in [0.5, 0.6) is 5.75 Å². The van der Waals surface area contributed by atoms with Crippen LogP contribution in [-0.2, 0) is 29.1 Å². The maximum atomic E-state index is 14.1. The van der Waals surface area contributed by atoms with Crippen molar-refractivity contribution in [2.75, 3.05) is 20.3 Å². The summed E-state index contributed by atoms with van der Waals surface area (Å²) in [7, 11) is -2.68. The summed E-state index contributed by atoms with van der Waals surface area (Å²) >= 11 is 0. The first-order chi connectivity index (χ1) is 22.2. The van der Waals surface area contributed by atoms with E-state index < -0.39 is 68.0 Å². The lowest BCUT2D eigenvalue weighted by atomic mass is 9.85. The minimum absolute atomic E-state index is 0.117. The summed E-state index contributed by atoms with van der Waals surface area (Å²) < 4.78 is 43.3. The lowest BCUT2D eigenvalue weighted by Crippen LogP contribution is -2.60. The van der Waals surface area contributed by atoms with Gasteiger partial charge in [0, 0.05) is 36.2 Å². The van der Waals surface area contributed by atoms with Gasteiger partial charge in [0.15, 0.2) is 0 Å². The van der Waals surface area contributed by atoms with Crippen molar-refractivity contribution < 1.29 is 41.5 Å². The number of amides is 4. The molecule has 3 aliphatic rings. The highest BCUT2D eigenvalue weighted by atomic mass is 32.2. The Balaban J connectivity index is 1.36. The fourth-order valence-corrected chi connectivity index (χ4v) is 7.19. The van der Waals surface area contributed by atoms with Crippen LogP contribution in [0.2, 0.25) is 0 Å². The molecule has 2 aliphatic carbocycles. The number of carbonyl (C=O) groups excluding carboxylic acids is 4. The molecule has 2 aromatic heterocycles. The second-order valence-electron chi connectivity index (χ2n) is 13.4. The number of nitrogens with zero attached hydrogens (tertiary/aromatic N) is 2. The highest BCUT2D eigenvalue weighted by molar-refractivity contribution is 7.91. The third-order valence-corrected chi connectivity index (χ3v) is 10.6. The van der Waals surface area contributed by atoms with Crippen LogP contribution in [0, 0.1) is 17.3 Å². The zero-order valence-electron chi connectivity index (χ0n) is 26.9. The van der Waals surface area contributed by atoms with E-state index in [0.717, 1.165) is 5.56 Å². The van der Waals surface area contributed by atoms with Gasteiger partial charge in [0.25, 0.3) is 5.91 Å². The number of aromatic nitrogens is 1. The molecule has 0 radical (unpaired) electrons. The molecule has 3 fully saturated rings. The van der Waals surface area contributed by atoms with E-state index in [1.807, 2.05) is 0 Å². The molecule has 5 rings (SSSR count). The van der Waals surface area contributed by atoms with E-state index in [1.54, 1.807) is 57.7 Å². The van der Waals surface area contributed by atoms with Gasteiger partial charge >= 0.3 is 6.09 Å². The van der Waals surface area contributed by atoms with Crippen LogP contribution in [0.15, 0.2) is 54.0 Å². The van der Waals surface area contributed by atoms with Gasteiger partial charge in [-0.1, -0.05) is 26.8 Å². The number of rotatable bonds is 12. The van der Waals surface area contributed by atoms with E-state index in [-0.39, 0.29) is 31.9 Å². The van der Waals surface area contributed by atoms with Crippen LogP contribution in [0.4, 0.5) is 4.79 Å². The number of hydrogen-bond donors (Lipinski definition) is 3. The van der Waals surface area contributed by atoms with Crippen LogP contribution in [0.25, 0.3) is 11.3 Å². The largest absolute Gasteiger partial charge is 0.493 e. The number of sulfonamides is 1. The highest BCUT2D eigenvalue weighted by Gasteiger charge is 2.62. The SMILES string of the molecule is C=C[C@@H]1C[C@]1(NC(=O)[C@@H]1C[C@@H](COc2ccnc(-c3ccoc3)c2)CN1C(=O)[C@@H](NC(=O)OC)C(C)(C)C)C(=O)NS(=O)(=O)C1CC1. The Morgan fingerprint density at radius 2 is 1.98 bits per heavy atom. The van der Waals surface area contributed by atoms with E-state index >= 15 is 0 Å². The number of ether oxygens (including phenoxy) is 2. The quantitative estimate of drug-likeness (QED) is 0.283. The summed E-state index contributed by atoms with van der Waals surface area (Å²) in [6.45, 7) is 9.33. The lowest BCUT2D eigenvalue weighted by Gasteiger charge is -2.35. The molecule has 2 aromatic rings. The predicted molar refractivity (Wildman–Crippen MR) is 169 cm³/mol. The van der Waals surface area contributed by atoms with Gasteiger partial charge in [-0.05, 0) is 43.2 Å². The summed E-state index contributed by atoms with van der Waals surface area (Å²) in [4.78, 5) is 59.4. The summed E-state index contributed by atoms with van der Waals surface area (Å²) in [6, 6.07) is 3.13. The molecule has 5 atom stereocenters. The Hall–Kier alpha value is -4.40. The molecule has 1 saturated heterocycles. The zero-order valence-corrected chi connectivity index (χ0v) is 27.7. The number of nitrogens with one attached hydrogen (secondary N) is 3. The Bertz CT molecular complexity index is 1630. The average Bonchev–Trinajstić information content (AvgIpc) is 3.89. The standard InChI is InChI=1S/C32H41N5O9S/c1-6-21-15-32(21,29(40)36-47(42,43)23-7-8-23)35-27(38)25-13-19(16-37(25)28(39)26(31(2,3)4)34-30(41)44-5)17-46-22-9-11-33-24(14-22)20-10-12-45-18-20/h6,9-12,14,18-19,21,23,25-26H,1,7-8,13,15-17H2,2-5H3,(H,34,41)(H,35,38)(H,36,40)/t19-,21-,25+,26-,32-/m1/s1. The van der Waals surface area contributed by atoms with Crippen molar-refractivity contribution >= 4 is 33.8 Å². The van der Waals surface area contributed by atoms with E-state index in [1.165, 1.54) is 18.1 Å². The van der Waals surface area contributed by atoms with Crippen molar-refractivity contribution in [3.63, 3.8) is 0 Å². The molecule has 0 aromatic carbocycles. The first kappa shape index (κ1) is 33.9. The van der Waals surface area contributed by atoms with Gasteiger partial charge in [0.05, 0.1) is 37.2 Å². The molecular weight excluding hydrogens is 630 g/mol. The Morgan fingerprint density at radius 1 is 1.23 bits per heavy atom. The van der Waals surface area contributed by atoms with Gasteiger partial charge in [-0.3, -0.25) is 24.1 Å². The first-order valence-electron chi connectivity index (χ1n) is 15.5. The van der Waals surface area contributed by atoms with Crippen molar-refractivity contribution in [1.82, 2.24) is 25.2 Å². The molecule has 0 bridgehead atoms. The molecule has 3 heterocycles. The number of alkyl carbamates (subject to hydrolysis) is 1. The van der Waals surface area contributed by atoms with E-state index in [4.69, 9.17) is 13.9 Å². The van der Waals surface area contributed by atoms with Gasteiger partial charge in [-0.2, -0.15) is 0 Å². The molecule has 4 amide bonds. The van der Waals surface area contributed by atoms with Gasteiger partial charge in [0.2, 0.25) is 21.8 Å². The van der Waals surface area contributed by atoms with Gasteiger partial charge in [-0.25, -0.2) is 13.2 Å².